The largest absolute Gasteiger partial charge is 0.489 e. The van der Waals surface area contributed by atoms with Gasteiger partial charge in [-0.1, -0.05) is 30.3 Å². The van der Waals surface area contributed by atoms with Gasteiger partial charge in [0.05, 0.1) is 6.54 Å². The predicted molar refractivity (Wildman–Crippen MR) is 88.3 cm³/mol. The molecule has 126 valence electrons. The third-order valence-electron chi connectivity index (χ3n) is 3.19. The minimum Gasteiger partial charge on any atom is -0.489 e. The summed E-state index contributed by atoms with van der Waals surface area (Å²) in [4.78, 5) is 23.4. The molecule has 6 heteroatoms. The van der Waals surface area contributed by atoms with Crippen LogP contribution in [0.15, 0.2) is 54.6 Å². The summed E-state index contributed by atoms with van der Waals surface area (Å²) in [5, 5.41) is 5.32. The van der Waals surface area contributed by atoms with Crippen LogP contribution in [0.5, 0.6) is 5.75 Å². The molecule has 2 rings (SSSR count). The third kappa shape index (κ3) is 5.72. The first-order valence-electron chi connectivity index (χ1n) is 7.64. The van der Waals surface area contributed by atoms with E-state index in [1.807, 2.05) is 6.07 Å². The minimum absolute atomic E-state index is 0.155. The molecule has 0 saturated carbocycles. The van der Waals surface area contributed by atoms with Crippen LogP contribution < -0.4 is 15.4 Å². The number of hydrogen-bond donors (Lipinski definition) is 2. The molecular formula is C18H19FN2O3. The highest BCUT2D eigenvalue weighted by molar-refractivity contribution is 5.94. The fraction of sp³-hybridized carbons (Fsp3) is 0.222. The smallest absolute Gasteiger partial charge is 0.251 e. The Morgan fingerprint density at radius 2 is 1.62 bits per heavy atom. The Bertz CT molecular complexity index is 677. The van der Waals surface area contributed by atoms with Crippen molar-refractivity contribution < 1.29 is 18.7 Å². The molecule has 0 atom stereocenters. The molecule has 0 aliphatic heterocycles. The molecule has 2 aromatic carbocycles. The second-order valence-corrected chi connectivity index (χ2v) is 5.00. The van der Waals surface area contributed by atoms with Crippen molar-refractivity contribution in [2.75, 3.05) is 19.7 Å². The summed E-state index contributed by atoms with van der Waals surface area (Å²) < 4.78 is 18.5. The molecular weight excluding hydrogens is 311 g/mol. The standard InChI is InChI=1S/C18H19FN2O3/c19-15-8-4-5-9-16(15)24-13-12-20-17(22)10-11-21-18(23)14-6-2-1-3-7-14/h1-9H,10-13H2,(H,20,22)(H,21,23). The number of nitrogens with one attached hydrogen (secondary N) is 2. The number of carbonyl (C=O) groups is 2. The molecule has 0 radical (unpaired) electrons. The molecule has 0 spiro atoms. The van der Waals surface area contributed by atoms with Gasteiger partial charge in [0.25, 0.3) is 5.91 Å². The van der Waals surface area contributed by atoms with Gasteiger partial charge in [-0.3, -0.25) is 9.59 Å². The van der Waals surface area contributed by atoms with Crippen LogP contribution in [0.2, 0.25) is 0 Å². The van der Waals surface area contributed by atoms with Crippen molar-refractivity contribution in [1.82, 2.24) is 10.6 Å². The van der Waals surface area contributed by atoms with Crippen LogP contribution >= 0.6 is 0 Å². The fourth-order valence-electron chi connectivity index (χ4n) is 1.98. The van der Waals surface area contributed by atoms with E-state index in [4.69, 9.17) is 4.74 Å². The lowest BCUT2D eigenvalue weighted by Crippen LogP contribution is -2.32. The summed E-state index contributed by atoms with van der Waals surface area (Å²) in [6.07, 6.45) is 0.165. The quantitative estimate of drug-likeness (QED) is 0.729. The summed E-state index contributed by atoms with van der Waals surface area (Å²) >= 11 is 0. The molecule has 0 unspecified atom stereocenters. The van der Waals surface area contributed by atoms with Crippen molar-refractivity contribution >= 4 is 11.8 Å². The Kier molecular flexibility index (Phi) is 6.76. The molecule has 5 nitrogen and oxygen atoms in total. The van der Waals surface area contributed by atoms with Crippen LogP contribution in [-0.4, -0.2) is 31.5 Å². The summed E-state index contributed by atoms with van der Waals surface area (Å²) in [5.41, 5.74) is 0.552. The second kappa shape index (κ2) is 9.29. The Hall–Kier alpha value is -2.89. The Morgan fingerprint density at radius 1 is 0.917 bits per heavy atom. The number of carbonyl (C=O) groups excluding carboxylic acids is 2. The van der Waals surface area contributed by atoms with Crippen LogP contribution in [0, 0.1) is 5.82 Å². The Labute approximate surface area is 139 Å². The fourth-order valence-corrected chi connectivity index (χ4v) is 1.98. The second-order valence-electron chi connectivity index (χ2n) is 5.00. The molecule has 0 saturated heterocycles. The summed E-state index contributed by atoms with van der Waals surface area (Å²) in [6, 6.07) is 14.9. The normalized spacial score (nSPS) is 10.0. The summed E-state index contributed by atoms with van der Waals surface area (Å²) in [5.74, 6) is -0.707. The molecule has 2 N–H and O–H groups in total. The third-order valence-corrected chi connectivity index (χ3v) is 3.19. The molecule has 0 heterocycles. The number of rotatable bonds is 8. The Balaban J connectivity index is 1.59. The van der Waals surface area contributed by atoms with E-state index in [0.717, 1.165) is 0 Å². The van der Waals surface area contributed by atoms with Gasteiger partial charge in [0.1, 0.15) is 6.61 Å². The average Bonchev–Trinajstić information content (AvgIpc) is 2.61. The highest BCUT2D eigenvalue weighted by atomic mass is 19.1. The highest BCUT2D eigenvalue weighted by Gasteiger charge is 2.06. The lowest BCUT2D eigenvalue weighted by atomic mass is 10.2. The van der Waals surface area contributed by atoms with Crippen LogP contribution in [0.4, 0.5) is 4.39 Å². The zero-order valence-electron chi connectivity index (χ0n) is 13.1. The SMILES string of the molecule is O=C(CCNC(=O)c1ccccc1)NCCOc1ccccc1F. The van der Waals surface area contributed by atoms with Gasteiger partial charge in [-0.15, -0.1) is 0 Å². The number of amides is 2. The van der Waals surface area contributed by atoms with Gasteiger partial charge in [0, 0.05) is 18.5 Å². The summed E-state index contributed by atoms with van der Waals surface area (Å²) in [6.45, 7) is 0.677. The zero-order chi connectivity index (χ0) is 17.2. The topological polar surface area (TPSA) is 67.4 Å². The number of ether oxygens (including phenoxy) is 1. The van der Waals surface area contributed by atoms with E-state index in [1.54, 1.807) is 36.4 Å². The molecule has 2 amide bonds. The van der Waals surface area contributed by atoms with Crippen molar-refractivity contribution in [2.45, 2.75) is 6.42 Å². The maximum absolute atomic E-state index is 13.3. The average molecular weight is 330 g/mol. The van der Waals surface area contributed by atoms with Crippen molar-refractivity contribution in [3.8, 4) is 5.75 Å². The maximum Gasteiger partial charge on any atom is 0.251 e. The van der Waals surface area contributed by atoms with Crippen molar-refractivity contribution in [3.05, 3.63) is 66.0 Å². The van der Waals surface area contributed by atoms with Gasteiger partial charge in [0.2, 0.25) is 5.91 Å². The molecule has 0 aliphatic carbocycles. The zero-order valence-corrected chi connectivity index (χ0v) is 13.1. The van der Waals surface area contributed by atoms with E-state index < -0.39 is 5.82 Å². The monoisotopic (exact) mass is 330 g/mol. The van der Waals surface area contributed by atoms with Crippen molar-refractivity contribution in [1.29, 1.82) is 0 Å². The molecule has 0 bridgehead atoms. The van der Waals surface area contributed by atoms with E-state index in [9.17, 15) is 14.0 Å². The van der Waals surface area contributed by atoms with Crippen LogP contribution in [0.3, 0.4) is 0 Å². The van der Waals surface area contributed by atoms with Crippen molar-refractivity contribution in [3.63, 3.8) is 0 Å². The Morgan fingerprint density at radius 3 is 2.38 bits per heavy atom. The van der Waals surface area contributed by atoms with E-state index in [-0.39, 0.29) is 43.7 Å². The van der Waals surface area contributed by atoms with E-state index in [2.05, 4.69) is 10.6 Å². The molecule has 0 aromatic heterocycles. The lowest BCUT2D eigenvalue weighted by molar-refractivity contribution is -0.121. The molecule has 0 aliphatic rings. The first-order valence-corrected chi connectivity index (χ1v) is 7.64. The van der Waals surface area contributed by atoms with Crippen LogP contribution in [0.25, 0.3) is 0 Å². The molecule has 0 fully saturated rings. The van der Waals surface area contributed by atoms with Gasteiger partial charge in [-0.2, -0.15) is 0 Å². The van der Waals surface area contributed by atoms with Crippen LogP contribution in [-0.2, 0) is 4.79 Å². The van der Waals surface area contributed by atoms with Crippen molar-refractivity contribution in [2.24, 2.45) is 0 Å². The number of halogens is 1. The van der Waals surface area contributed by atoms with Crippen LogP contribution in [0.1, 0.15) is 16.8 Å². The number of para-hydroxylation sites is 1. The first kappa shape index (κ1) is 17.5. The minimum atomic E-state index is -0.438. The van der Waals surface area contributed by atoms with Gasteiger partial charge >= 0.3 is 0 Å². The predicted octanol–water partition coefficient (Wildman–Crippen LogP) is 2.14. The number of hydrogen-bond acceptors (Lipinski definition) is 3. The number of benzene rings is 2. The highest BCUT2D eigenvalue weighted by Crippen LogP contribution is 2.14. The lowest BCUT2D eigenvalue weighted by Gasteiger charge is -2.09. The van der Waals surface area contributed by atoms with Gasteiger partial charge in [-0.05, 0) is 24.3 Å². The van der Waals surface area contributed by atoms with Gasteiger partial charge < -0.3 is 15.4 Å². The van der Waals surface area contributed by atoms with E-state index in [0.29, 0.717) is 5.56 Å². The van der Waals surface area contributed by atoms with Gasteiger partial charge in [-0.25, -0.2) is 4.39 Å². The maximum atomic E-state index is 13.3. The van der Waals surface area contributed by atoms with E-state index in [1.165, 1.54) is 12.1 Å². The van der Waals surface area contributed by atoms with Gasteiger partial charge in [0.15, 0.2) is 11.6 Å². The first-order chi connectivity index (χ1) is 11.7. The summed E-state index contributed by atoms with van der Waals surface area (Å²) in [7, 11) is 0. The molecule has 24 heavy (non-hydrogen) atoms. The van der Waals surface area contributed by atoms with E-state index >= 15 is 0 Å². The molecule has 2 aromatic rings.